The number of ether oxygens (including phenoxy) is 1. The number of carbonyl (C=O) groups excluding carboxylic acids is 1. The van der Waals surface area contributed by atoms with E-state index in [1.165, 1.54) is 6.42 Å². The van der Waals surface area contributed by atoms with E-state index in [1.54, 1.807) is 0 Å². The van der Waals surface area contributed by atoms with Gasteiger partial charge in [-0.1, -0.05) is 6.42 Å². The van der Waals surface area contributed by atoms with E-state index in [4.69, 9.17) is 15.4 Å². The van der Waals surface area contributed by atoms with Gasteiger partial charge in [0.25, 0.3) is 0 Å². The second-order valence-corrected chi connectivity index (χ2v) is 8.50. The predicted octanol–water partition coefficient (Wildman–Crippen LogP) is 1.68. The van der Waals surface area contributed by atoms with Crippen molar-refractivity contribution < 1.29 is 17.9 Å². The molecular weight excluding hydrogens is 264 g/mol. The van der Waals surface area contributed by atoms with Crippen LogP contribution in [-0.4, -0.2) is 26.2 Å². The van der Waals surface area contributed by atoms with Crippen LogP contribution < -0.4 is 0 Å². The molecule has 0 radical (unpaired) electrons. The summed E-state index contributed by atoms with van der Waals surface area (Å²) in [5.74, 6) is 0.601. The highest BCUT2D eigenvalue weighted by Gasteiger charge is 2.61. The van der Waals surface area contributed by atoms with Crippen LogP contribution in [0.2, 0.25) is 0 Å². The van der Waals surface area contributed by atoms with E-state index < -0.39 is 15.2 Å². The maximum atomic E-state index is 11.5. The van der Waals surface area contributed by atoms with Gasteiger partial charge in [-0.15, -0.1) is 0 Å². The normalized spacial score (nSPS) is 44.5. The molecule has 0 aromatic rings. The van der Waals surface area contributed by atoms with Crippen LogP contribution in [-0.2, 0) is 18.6 Å². The molecule has 2 aliphatic carbocycles. The van der Waals surface area contributed by atoms with Crippen molar-refractivity contribution in [3.63, 3.8) is 0 Å². The Morgan fingerprint density at radius 3 is 2.71 bits per heavy atom. The highest BCUT2D eigenvalue weighted by Crippen LogP contribution is 2.62. The predicted molar refractivity (Wildman–Crippen MR) is 62.0 cm³/mol. The Kier molecular flexibility index (Phi) is 2.50. The van der Waals surface area contributed by atoms with Gasteiger partial charge < -0.3 is 4.74 Å². The molecule has 2 bridgehead atoms. The summed E-state index contributed by atoms with van der Waals surface area (Å²) in [4.78, 5) is 11.5. The first-order valence-electron chi connectivity index (χ1n) is 6.01. The molecule has 3 aliphatic rings. The number of carbonyl (C=O) groups is 1. The highest BCUT2D eigenvalue weighted by molar-refractivity contribution is 8.13. The third-order valence-corrected chi connectivity index (χ3v) is 5.84. The molecule has 1 saturated heterocycles. The Hall–Kier alpha value is -0.290. The van der Waals surface area contributed by atoms with Crippen molar-refractivity contribution in [3.8, 4) is 0 Å². The maximum Gasteiger partial charge on any atom is 0.306 e. The summed E-state index contributed by atoms with van der Waals surface area (Å²) >= 11 is 0. The van der Waals surface area contributed by atoms with Crippen molar-refractivity contribution in [2.24, 2.45) is 17.3 Å². The lowest BCUT2D eigenvalue weighted by molar-refractivity contribution is -0.141. The molecule has 0 amide bonds. The van der Waals surface area contributed by atoms with Crippen LogP contribution in [0.25, 0.3) is 0 Å². The lowest BCUT2D eigenvalue weighted by Gasteiger charge is -2.36. The Balaban J connectivity index is 1.89. The maximum absolute atomic E-state index is 11.5. The summed E-state index contributed by atoms with van der Waals surface area (Å²) in [5, 5.41) is 0. The zero-order valence-electron chi connectivity index (χ0n) is 9.39. The number of esters is 1. The molecule has 4 nitrogen and oxygen atoms in total. The molecule has 3 rings (SSSR count). The average Bonchev–Trinajstić information content (AvgIpc) is 2.80. The molecular formula is C11H15ClO4S. The minimum atomic E-state index is -3.62. The summed E-state index contributed by atoms with van der Waals surface area (Å²) in [6, 6.07) is 0. The molecule has 1 spiro atoms. The van der Waals surface area contributed by atoms with E-state index in [9.17, 15) is 13.2 Å². The molecule has 17 heavy (non-hydrogen) atoms. The third-order valence-electron chi connectivity index (χ3n) is 4.76. The Labute approximate surface area is 105 Å². The Bertz CT molecular complexity index is 460. The SMILES string of the molecule is O=C1CC2(CC3CCC2C3)C(CS(=O)(=O)Cl)O1. The van der Waals surface area contributed by atoms with Gasteiger partial charge in [-0.2, -0.15) is 0 Å². The average molecular weight is 279 g/mol. The highest BCUT2D eigenvalue weighted by atomic mass is 35.7. The summed E-state index contributed by atoms with van der Waals surface area (Å²) in [6.45, 7) is 0. The van der Waals surface area contributed by atoms with E-state index >= 15 is 0 Å². The van der Waals surface area contributed by atoms with Gasteiger partial charge in [0.2, 0.25) is 9.05 Å². The topological polar surface area (TPSA) is 60.4 Å². The molecule has 4 unspecified atom stereocenters. The Morgan fingerprint density at radius 2 is 2.18 bits per heavy atom. The third kappa shape index (κ3) is 1.87. The number of hydrogen-bond donors (Lipinski definition) is 0. The number of cyclic esters (lactones) is 1. The van der Waals surface area contributed by atoms with Gasteiger partial charge in [-0.25, -0.2) is 8.42 Å². The zero-order valence-corrected chi connectivity index (χ0v) is 11.0. The minimum Gasteiger partial charge on any atom is -0.461 e. The first kappa shape index (κ1) is 11.8. The summed E-state index contributed by atoms with van der Waals surface area (Å²) < 4.78 is 27.7. The summed E-state index contributed by atoms with van der Waals surface area (Å²) in [7, 11) is 1.69. The lowest BCUT2D eigenvalue weighted by Crippen LogP contribution is -2.39. The second kappa shape index (κ2) is 3.60. The standard InChI is InChI=1S/C11H15ClO4S/c12-17(14,15)6-9-11(5-10(13)16-9)4-7-1-2-8(11)3-7/h7-9H,1-6H2. The molecule has 4 atom stereocenters. The van der Waals surface area contributed by atoms with Gasteiger partial charge >= 0.3 is 5.97 Å². The van der Waals surface area contributed by atoms with Crippen molar-refractivity contribution in [1.29, 1.82) is 0 Å². The molecule has 3 fully saturated rings. The van der Waals surface area contributed by atoms with Crippen molar-refractivity contribution >= 4 is 25.7 Å². The second-order valence-electron chi connectivity index (χ2n) is 5.67. The fraction of sp³-hybridized carbons (Fsp3) is 0.909. The molecule has 96 valence electrons. The molecule has 6 heteroatoms. The number of fused-ring (bicyclic) bond motifs is 3. The fourth-order valence-corrected chi connectivity index (χ4v) is 5.28. The first-order chi connectivity index (χ1) is 7.89. The van der Waals surface area contributed by atoms with Crippen molar-refractivity contribution in [1.82, 2.24) is 0 Å². The lowest BCUT2D eigenvalue weighted by atomic mass is 9.69. The van der Waals surface area contributed by atoms with E-state index in [0.717, 1.165) is 19.3 Å². The first-order valence-corrected chi connectivity index (χ1v) is 8.49. The van der Waals surface area contributed by atoms with Crippen LogP contribution in [0.1, 0.15) is 32.1 Å². The van der Waals surface area contributed by atoms with Crippen LogP contribution in [0.15, 0.2) is 0 Å². The van der Waals surface area contributed by atoms with Crippen LogP contribution >= 0.6 is 10.7 Å². The smallest absolute Gasteiger partial charge is 0.306 e. The van der Waals surface area contributed by atoms with Crippen molar-refractivity contribution in [2.75, 3.05) is 5.75 Å². The Morgan fingerprint density at radius 1 is 1.41 bits per heavy atom. The molecule has 0 aromatic heterocycles. The number of halogens is 1. The van der Waals surface area contributed by atoms with Gasteiger partial charge in [0.15, 0.2) is 0 Å². The summed E-state index contributed by atoms with van der Waals surface area (Å²) in [6.07, 6.45) is 4.22. The van der Waals surface area contributed by atoms with E-state index in [2.05, 4.69) is 0 Å². The monoisotopic (exact) mass is 278 g/mol. The van der Waals surface area contributed by atoms with Gasteiger partial charge in [0.05, 0.1) is 6.42 Å². The zero-order chi connectivity index (χ0) is 12.3. The van der Waals surface area contributed by atoms with E-state index in [-0.39, 0.29) is 17.1 Å². The van der Waals surface area contributed by atoms with Crippen LogP contribution in [0.5, 0.6) is 0 Å². The van der Waals surface area contributed by atoms with Crippen LogP contribution in [0.3, 0.4) is 0 Å². The van der Waals surface area contributed by atoms with E-state index in [1.807, 2.05) is 0 Å². The van der Waals surface area contributed by atoms with Crippen LogP contribution in [0.4, 0.5) is 0 Å². The minimum absolute atomic E-state index is 0.233. The fourth-order valence-electron chi connectivity index (χ4n) is 4.18. The van der Waals surface area contributed by atoms with Gasteiger partial charge in [0.1, 0.15) is 11.9 Å². The molecule has 1 heterocycles. The molecule has 1 aliphatic heterocycles. The van der Waals surface area contributed by atoms with E-state index in [0.29, 0.717) is 18.3 Å². The number of rotatable bonds is 2. The van der Waals surface area contributed by atoms with Gasteiger partial charge in [-0.05, 0) is 31.1 Å². The summed E-state index contributed by atoms with van der Waals surface area (Å²) in [5.41, 5.74) is -0.234. The van der Waals surface area contributed by atoms with Crippen LogP contribution in [0, 0.1) is 17.3 Å². The van der Waals surface area contributed by atoms with Crippen molar-refractivity contribution in [2.45, 2.75) is 38.2 Å². The largest absolute Gasteiger partial charge is 0.461 e. The quantitative estimate of drug-likeness (QED) is 0.569. The van der Waals surface area contributed by atoms with Gasteiger partial charge in [0, 0.05) is 16.1 Å². The molecule has 2 saturated carbocycles. The van der Waals surface area contributed by atoms with Gasteiger partial charge in [-0.3, -0.25) is 4.79 Å². The number of hydrogen-bond acceptors (Lipinski definition) is 4. The molecule has 0 N–H and O–H groups in total. The molecule has 0 aromatic carbocycles. The van der Waals surface area contributed by atoms with Crippen molar-refractivity contribution in [3.05, 3.63) is 0 Å².